The van der Waals surface area contributed by atoms with Crippen molar-refractivity contribution >= 4 is 29.5 Å². The fraction of sp³-hybridized carbons (Fsp3) is 0.361. The number of carbonyl (C=O) groups is 3. The van der Waals surface area contributed by atoms with Gasteiger partial charge in [-0.3, -0.25) is 9.59 Å². The number of phenolic OH excluding ortho intramolecular Hbond substituents is 1. The van der Waals surface area contributed by atoms with Gasteiger partial charge in [0.1, 0.15) is 30.3 Å². The van der Waals surface area contributed by atoms with E-state index in [0.717, 1.165) is 22.9 Å². The highest BCUT2D eigenvalue weighted by Gasteiger charge is 2.55. The molecule has 6 atom stereocenters. The summed E-state index contributed by atoms with van der Waals surface area (Å²) in [6, 6.07) is 19.2. The number of aromatic hydroxyl groups is 1. The molecule has 1 heterocycles. The van der Waals surface area contributed by atoms with Crippen molar-refractivity contribution in [2.45, 2.75) is 60.4 Å². The lowest BCUT2D eigenvalue weighted by atomic mass is 9.89. The van der Waals surface area contributed by atoms with Crippen LogP contribution in [-0.2, 0) is 31.3 Å². The SMILES string of the molecule is C#CCCOc1ccc(CS[C@]2(C(=O)O)C[C@H](O)[C@@H](NC(=O)CO)[C@H]([C@H](O)[C@H](O)CNC(=O)Cc3ccc(-c4ccc(O)cc4)cc3)O2)cc1. The van der Waals surface area contributed by atoms with Gasteiger partial charge in [-0.15, -0.1) is 24.1 Å². The zero-order valence-corrected chi connectivity index (χ0v) is 27.8. The van der Waals surface area contributed by atoms with E-state index >= 15 is 0 Å². The van der Waals surface area contributed by atoms with Gasteiger partial charge in [0.2, 0.25) is 16.7 Å². The Hall–Kier alpha value is -4.62. The lowest BCUT2D eigenvalue weighted by Crippen LogP contribution is -2.67. The number of aliphatic carboxylic acids is 1. The lowest BCUT2D eigenvalue weighted by Gasteiger charge is -2.46. The van der Waals surface area contributed by atoms with Crippen LogP contribution in [0.3, 0.4) is 0 Å². The monoisotopic (exact) mass is 708 g/mol. The highest BCUT2D eigenvalue weighted by Crippen LogP contribution is 2.42. The third kappa shape index (κ3) is 10.2. The molecule has 50 heavy (non-hydrogen) atoms. The first-order valence-corrected chi connectivity index (χ1v) is 16.7. The van der Waals surface area contributed by atoms with Crippen LogP contribution >= 0.6 is 11.8 Å². The molecule has 2 amide bonds. The number of carbonyl (C=O) groups excluding carboxylic acids is 2. The average molecular weight is 709 g/mol. The maximum atomic E-state index is 12.7. The normalized spacial score (nSPS) is 21.3. The van der Waals surface area contributed by atoms with E-state index in [1.807, 2.05) is 12.1 Å². The van der Waals surface area contributed by atoms with Crippen LogP contribution in [0.5, 0.6) is 11.5 Å². The van der Waals surface area contributed by atoms with Crippen molar-refractivity contribution in [2.75, 3.05) is 19.8 Å². The van der Waals surface area contributed by atoms with E-state index in [0.29, 0.717) is 29.9 Å². The molecule has 1 aliphatic rings. The number of aliphatic hydroxyl groups excluding tert-OH is 4. The van der Waals surface area contributed by atoms with Gasteiger partial charge in [0, 0.05) is 25.1 Å². The van der Waals surface area contributed by atoms with Gasteiger partial charge in [0.15, 0.2) is 0 Å². The van der Waals surface area contributed by atoms with Crippen molar-refractivity contribution < 1.29 is 54.5 Å². The Morgan fingerprint density at radius 1 is 0.980 bits per heavy atom. The van der Waals surface area contributed by atoms with Crippen LogP contribution in [0.15, 0.2) is 72.8 Å². The molecule has 13 nitrogen and oxygen atoms in total. The molecular weight excluding hydrogens is 668 g/mol. The third-order valence-electron chi connectivity index (χ3n) is 8.04. The van der Waals surface area contributed by atoms with E-state index in [4.69, 9.17) is 15.9 Å². The Kier molecular flexibility index (Phi) is 13.6. The quantitative estimate of drug-likeness (QED) is 0.0778. The first-order chi connectivity index (χ1) is 23.9. The van der Waals surface area contributed by atoms with E-state index in [-0.39, 0.29) is 17.9 Å². The summed E-state index contributed by atoms with van der Waals surface area (Å²) in [6.07, 6.45) is -1.71. The van der Waals surface area contributed by atoms with E-state index in [1.54, 1.807) is 60.7 Å². The number of rotatable bonds is 16. The van der Waals surface area contributed by atoms with Gasteiger partial charge < -0.3 is 50.7 Å². The Morgan fingerprint density at radius 3 is 2.20 bits per heavy atom. The zero-order chi connectivity index (χ0) is 36.3. The smallest absolute Gasteiger partial charge is 0.346 e. The molecule has 0 aliphatic carbocycles. The Morgan fingerprint density at radius 2 is 1.60 bits per heavy atom. The molecule has 14 heteroatoms. The second-order valence-corrected chi connectivity index (χ2v) is 12.9. The van der Waals surface area contributed by atoms with Gasteiger partial charge in [0.25, 0.3) is 0 Å². The number of amides is 2. The van der Waals surface area contributed by atoms with Crippen molar-refractivity contribution in [3.05, 3.63) is 83.9 Å². The predicted octanol–water partition coefficient (Wildman–Crippen LogP) is 1.18. The van der Waals surface area contributed by atoms with Crippen LogP contribution in [0.1, 0.15) is 24.0 Å². The fourth-order valence-electron chi connectivity index (χ4n) is 5.33. The minimum absolute atomic E-state index is 0.0523. The molecular formula is C36H40N2O11S. The molecule has 3 aromatic rings. The Balaban J connectivity index is 1.41. The minimum atomic E-state index is -2.11. The summed E-state index contributed by atoms with van der Waals surface area (Å²) in [5.41, 5.74) is 3.12. The number of ether oxygens (including phenoxy) is 2. The van der Waals surface area contributed by atoms with Crippen LogP contribution < -0.4 is 15.4 Å². The van der Waals surface area contributed by atoms with Gasteiger partial charge >= 0.3 is 5.97 Å². The molecule has 1 fully saturated rings. The molecule has 0 aromatic heterocycles. The number of hydrogen-bond acceptors (Lipinski definition) is 11. The van der Waals surface area contributed by atoms with Gasteiger partial charge in [-0.05, 0) is 46.5 Å². The number of terminal acetylenes is 1. The van der Waals surface area contributed by atoms with Crippen molar-refractivity contribution in [1.29, 1.82) is 0 Å². The number of benzene rings is 3. The van der Waals surface area contributed by atoms with Gasteiger partial charge in [-0.25, -0.2) is 4.79 Å². The van der Waals surface area contributed by atoms with Crippen molar-refractivity contribution in [2.24, 2.45) is 0 Å². The molecule has 4 rings (SSSR count). The number of hydrogen-bond donors (Lipinski definition) is 8. The number of aliphatic hydroxyl groups is 4. The number of nitrogens with one attached hydrogen (secondary N) is 2. The van der Waals surface area contributed by atoms with Gasteiger partial charge in [0.05, 0.1) is 31.3 Å². The second kappa shape index (κ2) is 17.9. The summed E-state index contributed by atoms with van der Waals surface area (Å²) in [4.78, 5) is 35.4. The molecule has 0 bridgehead atoms. The molecule has 0 unspecified atom stereocenters. The molecule has 8 N–H and O–H groups in total. The summed E-state index contributed by atoms with van der Waals surface area (Å²) in [5.74, 6) is 0.437. The van der Waals surface area contributed by atoms with Crippen molar-refractivity contribution in [1.82, 2.24) is 10.6 Å². The topological polar surface area (TPSA) is 215 Å². The number of phenols is 1. The maximum Gasteiger partial charge on any atom is 0.346 e. The van der Waals surface area contributed by atoms with Gasteiger partial charge in [-0.2, -0.15) is 0 Å². The van der Waals surface area contributed by atoms with E-state index in [1.165, 1.54) is 0 Å². The number of carboxylic acids is 1. The van der Waals surface area contributed by atoms with Crippen molar-refractivity contribution in [3.63, 3.8) is 0 Å². The molecule has 3 aromatic carbocycles. The summed E-state index contributed by atoms with van der Waals surface area (Å²) < 4.78 is 11.5. The first kappa shape index (κ1) is 38.2. The van der Waals surface area contributed by atoms with Crippen LogP contribution in [0, 0.1) is 12.3 Å². The van der Waals surface area contributed by atoms with Crippen LogP contribution in [0.25, 0.3) is 11.1 Å². The minimum Gasteiger partial charge on any atom is -0.508 e. The Bertz CT molecular complexity index is 1630. The van der Waals surface area contributed by atoms with E-state index < -0.39 is 72.7 Å². The number of carboxylic acid groups (broad SMARTS) is 1. The summed E-state index contributed by atoms with van der Waals surface area (Å²) in [5, 5.41) is 67.1. The molecule has 266 valence electrons. The highest BCUT2D eigenvalue weighted by molar-refractivity contribution is 8.00. The average Bonchev–Trinajstić information content (AvgIpc) is 3.11. The molecule has 0 spiro atoms. The van der Waals surface area contributed by atoms with E-state index in [9.17, 15) is 45.0 Å². The second-order valence-electron chi connectivity index (χ2n) is 11.7. The maximum absolute atomic E-state index is 12.7. The summed E-state index contributed by atoms with van der Waals surface area (Å²) >= 11 is 0.831. The fourth-order valence-corrected chi connectivity index (χ4v) is 6.51. The van der Waals surface area contributed by atoms with Crippen molar-refractivity contribution in [3.8, 4) is 35.0 Å². The van der Waals surface area contributed by atoms with E-state index in [2.05, 4.69) is 16.6 Å². The van der Waals surface area contributed by atoms with Gasteiger partial charge in [-0.1, -0.05) is 48.5 Å². The third-order valence-corrected chi connectivity index (χ3v) is 9.42. The molecule has 1 aliphatic heterocycles. The molecule has 0 radical (unpaired) electrons. The number of thioether (sulfide) groups is 1. The summed E-state index contributed by atoms with van der Waals surface area (Å²) in [7, 11) is 0. The van der Waals surface area contributed by atoms with Crippen LogP contribution in [-0.4, -0.2) is 104 Å². The van der Waals surface area contributed by atoms with Crippen LogP contribution in [0.2, 0.25) is 0 Å². The zero-order valence-electron chi connectivity index (χ0n) is 27.0. The predicted molar refractivity (Wildman–Crippen MR) is 184 cm³/mol. The van der Waals surface area contributed by atoms with Crippen LogP contribution in [0.4, 0.5) is 0 Å². The largest absolute Gasteiger partial charge is 0.508 e. The summed E-state index contributed by atoms with van der Waals surface area (Å²) in [6.45, 7) is -1.09. The molecule has 0 saturated carbocycles. The lowest BCUT2D eigenvalue weighted by molar-refractivity contribution is -0.203. The standard InChI is InChI=1S/C36H40N2O11S/c1-2-3-16-48-27-14-6-23(7-15-27)21-50-36(35(46)47)18-28(41)32(38-31(44)20-39)34(49-36)33(45)29(42)19-37-30(43)17-22-4-8-24(9-5-22)25-10-12-26(40)13-11-25/h1,4-15,28-29,32-34,39-42,45H,3,16-21H2,(H,37,43)(H,38,44)(H,46,47)/t28-,29+,32+,33+,34+,36-/m0/s1. The highest BCUT2D eigenvalue weighted by atomic mass is 32.2. The first-order valence-electron chi connectivity index (χ1n) is 15.7. The Labute approximate surface area is 293 Å². The molecule has 1 saturated heterocycles.